The second kappa shape index (κ2) is 8.59. The van der Waals surface area contributed by atoms with Crippen LogP contribution in [0.15, 0.2) is 36.4 Å². The highest BCUT2D eigenvalue weighted by molar-refractivity contribution is 6.33. The van der Waals surface area contributed by atoms with Crippen molar-refractivity contribution in [1.82, 2.24) is 14.8 Å². The number of aromatic nitrogens is 3. The Morgan fingerprint density at radius 1 is 1.06 bits per heavy atom. The molecule has 31 heavy (non-hydrogen) atoms. The van der Waals surface area contributed by atoms with Crippen LogP contribution in [0.1, 0.15) is 37.1 Å². The fourth-order valence-corrected chi connectivity index (χ4v) is 4.24. The number of amides is 1. The molecule has 5 rings (SSSR count). The second-order valence-electron chi connectivity index (χ2n) is 7.83. The van der Waals surface area contributed by atoms with Crippen molar-refractivity contribution in [2.24, 2.45) is 0 Å². The third-order valence-corrected chi connectivity index (χ3v) is 6.01. The Bertz CT molecular complexity index is 1130. The second-order valence-corrected chi connectivity index (χ2v) is 8.24. The Hall–Kier alpha value is -3.06. The van der Waals surface area contributed by atoms with Gasteiger partial charge in [-0.1, -0.05) is 24.1 Å². The smallest absolute Gasteiger partial charge is 0.231 e. The SMILES string of the molecule is O=C(CCc1ccc2c(c1)OCO2)Nc1ccc(Cl)c(-c2nnc3n2CCCCC3)c1. The third-order valence-electron chi connectivity index (χ3n) is 5.68. The van der Waals surface area contributed by atoms with Gasteiger partial charge in [0.1, 0.15) is 5.82 Å². The molecule has 8 heteroatoms. The van der Waals surface area contributed by atoms with Crippen molar-refractivity contribution in [2.75, 3.05) is 12.1 Å². The first-order valence-corrected chi connectivity index (χ1v) is 11.0. The molecule has 0 saturated carbocycles. The zero-order valence-electron chi connectivity index (χ0n) is 17.1. The average molecular weight is 439 g/mol. The van der Waals surface area contributed by atoms with Crippen LogP contribution in [-0.4, -0.2) is 27.5 Å². The Labute approximate surface area is 185 Å². The number of fused-ring (bicyclic) bond motifs is 2. The van der Waals surface area contributed by atoms with E-state index >= 15 is 0 Å². The van der Waals surface area contributed by atoms with Crippen LogP contribution < -0.4 is 14.8 Å². The molecule has 7 nitrogen and oxygen atoms in total. The maximum Gasteiger partial charge on any atom is 0.231 e. The Kier molecular flexibility index (Phi) is 5.51. The molecular formula is C23H23ClN4O3. The largest absolute Gasteiger partial charge is 0.454 e. The summed E-state index contributed by atoms with van der Waals surface area (Å²) in [5, 5.41) is 12.3. The normalized spacial score (nSPS) is 14.7. The van der Waals surface area contributed by atoms with E-state index in [1.54, 1.807) is 6.07 Å². The number of carbonyl (C=O) groups excluding carboxylic acids is 1. The lowest BCUT2D eigenvalue weighted by molar-refractivity contribution is -0.116. The topological polar surface area (TPSA) is 78.3 Å². The van der Waals surface area contributed by atoms with Gasteiger partial charge in [0.25, 0.3) is 0 Å². The van der Waals surface area contributed by atoms with Gasteiger partial charge in [0, 0.05) is 30.6 Å². The van der Waals surface area contributed by atoms with Crippen LogP contribution >= 0.6 is 11.6 Å². The number of aryl methyl sites for hydroxylation is 2. The van der Waals surface area contributed by atoms with E-state index in [2.05, 4.69) is 20.1 Å². The predicted octanol–water partition coefficient (Wildman–Crippen LogP) is 4.62. The number of halogens is 1. The van der Waals surface area contributed by atoms with Gasteiger partial charge in [-0.3, -0.25) is 4.79 Å². The van der Waals surface area contributed by atoms with Gasteiger partial charge < -0.3 is 19.4 Å². The fourth-order valence-electron chi connectivity index (χ4n) is 4.04. The third kappa shape index (κ3) is 4.23. The number of hydrogen-bond donors (Lipinski definition) is 1. The van der Waals surface area contributed by atoms with E-state index in [1.165, 1.54) is 6.42 Å². The Balaban J connectivity index is 1.28. The zero-order valence-corrected chi connectivity index (χ0v) is 17.8. The van der Waals surface area contributed by atoms with Gasteiger partial charge in [-0.15, -0.1) is 10.2 Å². The van der Waals surface area contributed by atoms with E-state index in [4.69, 9.17) is 21.1 Å². The lowest BCUT2D eigenvalue weighted by Gasteiger charge is -2.11. The van der Waals surface area contributed by atoms with Crippen LogP contribution in [0.3, 0.4) is 0 Å². The fraction of sp³-hybridized carbons (Fsp3) is 0.348. The first-order chi connectivity index (χ1) is 15.2. The zero-order chi connectivity index (χ0) is 21.2. The minimum absolute atomic E-state index is 0.0639. The number of nitrogens with one attached hydrogen (secondary N) is 1. The van der Waals surface area contributed by atoms with Crippen molar-refractivity contribution in [3.05, 3.63) is 52.8 Å². The van der Waals surface area contributed by atoms with E-state index in [0.717, 1.165) is 60.1 Å². The molecular weight excluding hydrogens is 416 g/mol. The molecule has 1 aromatic heterocycles. The number of hydrogen-bond acceptors (Lipinski definition) is 5. The van der Waals surface area contributed by atoms with Crippen molar-refractivity contribution < 1.29 is 14.3 Å². The first kappa shape index (κ1) is 19.9. The van der Waals surface area contributed by atoms with Crippen molar-refractivity contribution in [1.29, 1.82) is 0 Å². The quantitative estimate of drug-likeness (QED) is 0.628. The molecule has 0 aliphatic carbocycles. The van der Waals surface area contributed by atoms with Crippen molar-refractivity contribution in [2.45, 2.75) is 45.1 Å². The number of anilines is 1. The van der Waals surface area contributed by atoms with Gasteiger partial charge in [-0.25, -0.2) is 0 Å². The number of carbonyl (C=O) groups is 1. The maximum atomic E-state index is 12.5. The molecule has 2 aliphatic rings. The summed E-state index contributed by atoms with van der Waals surface area (Å²) in [4.78, 5) is 12.5. The van der Waals surface area contributed by atoms with Crippen LogP contribution in [0.5, 0.6) is 11.5 Å². The highest BCUT2D eigenvalue weighted by atomic mass is 35.5. The van der Waals surface area contributed by atoms with Gasteiger partial charge >= 0.3 is 0 Å². The van der Waals surface area contributed by atoms with E-state index in [1.807, 2.05) is 30.3 Å². The van der Waals surface area contributed by atoms with Crippen LogP contribution in [0.4, 0.5) is 5.69 Å². The minimum Gasteiger partial charge on any atom is -0.454 e. The summed E-state index contributed by atoms with van der Waals surface area (Å²) in [7, 11) is 0. The molecule has 0 radical (unpaired) electrons. The molecule has 3 heterocycles. The molecule has 0 spiro atoms. The summed E-state index contributed by atoms with van der Waals surface area (Å²) >= 11 is 6.48. The van der Waals surface area contributed by atoms with Crippen molar-refractivity contribution >= 4 is 23.2 Å². The molecule has 1 N–H and O–H groups in total. The Morgan fingerprint density at radius 2 is 1.97 bits per heavy atom. The van der Waals surface area contributed by atoms with Crippen LogP contribution in [0, 0.1) is 0 Å². The summed E-state index contributed by atoms with van der Waals surface area (Å²) in [5.74, 6) is 3.17. The average Bonchev–Trinajstić information content (AvgIpc) is 3.34. The standard InChI is InChI=1S/C23H23ClN4O3/c24-18-8-7-16(13-17(18)23-27-26-21-4-2-1-3-11-28(21)23)25-22(29)10-6-15-5-9-19-20(12-15)31-14-30-19/h5,7-9,12-13H,1-4,6,10-11,14H2,(H,25,29). The highest BCUT2D eigenvalue weighted by Gasteiger charge is 2.19. The number of nitrogens with zero attached hydrogens (tertiary/aromatic N) is 3. The predicted molar refractivity (Wildman–Crippen MR) is 118 cm³/mol. The molecule has 0 saturated heterocycles. The lowest BCUT2D eigenvalue weighted by Crippen LogP contribution is -2.12. The van der Waals surface area contributed by atoms with E-state index in [0.29, 0.717) is 23.6 Å². The minimum atomic E-state index is -0.0639. The highest BCUT2D eigenvalue weighted by Crippen LogP contribution is 2.33. The summed E-state index contributed by atoms with van der Waals surface area (Å²) in [6, 6.07) is 11.2. The molecule has 1 amide bonds. The summed E-state index contributed by atoms with van der Waals surface area (Å²) in [5.41, 5.74) is 2.51. The van der Waals surface area contributed by atoms with Crippen LogP contribution in [0.2, 0.25) is 5.02 Å². The number of ether oxygens (including phenoxy) is 2. The molecule has 3 aromatic rings. The molecule has 2 aromatic carbocycles. The number of benzene rings is 2. The summed E-state index contributed by atoms with van der Waals surface area (Å²) < 4.78 is 12.9. The lowest BCUT2D eigenvalue weighted by atomic mass is 10.1. The molecule has 0 bridgehead atoms. The van der Waals surface area contributed by atoms with E-state index < -0.39 is 0 Å². The molecule has 0 atom stereocenters. The molecule has 0 unspecified atom stereocenters. The number of rotatable bonds is 5. The van der Waals surface area contributed by atoms with Crippen LogP contribution in [0.25, 0.3) is 11.4 Å². The van der Waals surface area contributed by atoms with Gasteiger partial charge in [0.05, 0.1) is 5.02 Å². The maximum absolute atomic E-state index is 12.5. The van der Waals surface area contributed by atoms with Gasteiger partial charge in [-0.05, 0) is 55.2 Å². The van der Waals surface area contributed by atoms with Gasteiger partial charge in [0.15, 0.2) is 17.3 Å². The van der Waals surface area contributed by atoms with Crippen molar-refractivity contribution in [3.63, 3.8) is 0 Å². The molecule has 0 fully saturated rings. The van der Waals surface area contributed by atoms with Gasteiger partial charge in [-0.2, -0.15) is 0 Å². The van der Waals surface area contributed by atoms with Crippen LogP contribution in [-0.2, 0) is 24.2 Å². The molecule has 160 valence electrons. The summed E-state index contributed by atoms with van der Waals surface area (Å²) in [6.07, 6.45) is 5.33. The van der Waals surface area contributed by atoms with E-state index in [-0.39, 0.29) is 12.7 Å². The Morgan fingerprint density at radius 3 is 2.90 bits per heavy atom. The first-order valence-electron chi connectivity index (χ1n) is 10.6. The monoisotopic (exact) mass is 438 g/mol. The summed E-state index contributed by atoms with van der Waals surface area (Å²) in [6.45, 7) is 1.13. The van der Waals surface area contributed by atoms with E-state index in [9.17, 15) is 4.79 Å². The van der Waals surface area contributed by atoms with Gasteiger partial charge in [0.2, 0.25) is 12.7 Å². The molecule has 2 aliphatic heterocycles. The van der Waals surface area contributed by atoms with Crippen molar-refractivity contribution in [3.8, 4) is 22.9 Å².